The number of likely N-dealkylation sites (N-methyl/N-ethyl adjacent to an activating group) is 1. The third kappa shape index (κ3) is 6.48. The summed E-state index contributed by atoms with van der Waals surface area (Å²) >= 11 is 0. The van der Waals surface area contributed by atoms with Gasteiger partial charge < -0.3 is 21.1 Å². The standard InChI is InChI=1S/C18H23N5O3/c1-2-20-17(24)12-26-14-6-3-5-13(9-14)11-23-18(25)15(19)10-16-21-7-4-8-22-16/h3-9,15H,2,10-12,19H2,1H3,(H,20,24)(H,23,25). The van der Waals surface area contributed by atoms with Gasteiger partial charge in [0.25, 0.3) is 5.91 Å². The third-order valence-corrected chi connectivity index (χ3v) is 3.47. The first kappa shape index (κ1) is 19.3. The summed E-state index contributed by atoms with van der Waals surface area (Å²) in [6, 6.07) is 8.15. The fraction of sp³-hybridized carbons (Fsp3) is 0.333. The van der Waals surface area contributed by atoms with Crippen LogP contribution in [0.15, 0.2) is 42.7 Å². The highest BCUT2D eigenvalue weighted by molar-refractivity contribution is 5.81. The van der Waals surface area contributed by atoms with Crippen molar-refractivity contribution in [3.05, 3.63) is 54.1 Å². The van der Waals surface area contributed by atoms with Crippen LogP contribution in [0.25, 0.3) is 0 Å². The van der Waals surface area contributed by atoms with Crippen LogP contribution >= 0.6 is 0 Å². The van der Waals surface area contributed by atoms with Gasteiger partial charge in [-0.25, -0.2) is 9.97 Å². The van der Waals surface area contributed by atoms with Crippen molar-refractivity contribution in [3.63, 3.8) is 0 Å². The summed E-state index contributed by atoms with van der Waals surface area (Å²) < 4.78 is 5.43. The molecule has 2 aromatic rings. The third-order valence-electron chi connectivity index (χ3n) is 3.47. The smallest absolute Gasteiger partial charge is 0.257 e. The average Bonchev–Trinajstić information content (AvgIpc) is 2.66. The molecule has 0 aliphatic rings. The maximum absolute atomic E-state index is 12.1. The lowest BCUT2D eigenvalue weighted by molar-refractivity contribution is -0.123. The van der Waals surface area contributed by atoms with Crippen molar-refractivity contribution in [2.75, 3.05) is 13.2 Å². The molecule has 8 heteroatoms. The topological polar surface area (TPSA) is 119 Å². The molecule has 0 aliphatic heterocycles. The maximum Gasteiger partial charge on any atom is 0.257 e. The van der Waals surface area contributed by atoms with E-state index in [0.29, 0.717) is 24.7 Å². The van der Waals surface area contributed by atoms with Crippen molar-refractivity contribution < 1.29 is 14.3 Å². The van der Waals surface area contributed by atoms with Gasteiger partial charge in [-0.15, -0.1) is 0 Å². The van der Waals surface area contributed by atoms with E-state index in [1.54, 1.807) is 36.7 Å². The molecular formula is C18H23N5O3. The lowest BCUT2D eigenvalue weighted by Crippen LogP contribution is -2.42. The predicted molar refractivity (Wildman–Crippen MR) is 96.2 cm³/mol. The molecule has 1 aromatic carbocycles. The fourth-order valence-electron chi connectivity index (χ4n) is 2.19. The second-order valence-corrected chi connectivity index (χ2v) is 5.58. The van der Waals surface area contributed by atoms with Crippen molar-refractivity contribution in [2.24, 2.45) is 5.73 Å². The van der Waals surface area contributed by atoms with Crippen LogP contribution in [-0.4, -0.2) is 41.0 Å². The van der Waals surface area contributed by atoms with Gasteiger partial charge in [-0.1, -0.05) is 12.1 Å². The molecule has 2 amide bonds. The van der Waals surface area contributed by atoms with Crippen LogP contribution in [0.5, 0.6) is 5.75 Å². The van der Waals surface area contributed by atoms with E-state index in [2.05, 4.69) is 20.6 Å². The number of carbonyl (C=O) groups excluding carboxylic acids is 2. The number of benzene rings is 1. The maximum atomic E-state index is 12.1. The predicted octanol–water partition coefficient (Wildman–Crippen LogP) is 0.178. The number of nitrogens with two attached hydrogens (primary N) is 1. The minimum absolute atomic E-state index is 0.0500. The Kier molecular flexibility index (Phi) is 7.50. The summed E-state index contributed by atoms with van der Waals surface area (Å²) in [4.78, 5) is 31.7. The molecule has 4 N–H and O–H groups in total. The molecule has 2 rings (SSSR count). The van der Waals surface area contributed by atoms with E-state index in [0.717, 1.165) is 5.56 Å². The monoisotopic (exact) mass is 357 g/mol. The van der Waals surface area contributed by atoms with Crippen molar-refractivity contribution in [3.8, 4) is 5.75 Å². The van der Waals surface area contributed by atoms with E-state index in [1.807, 2.05) is 13.0 Å². The molecule has 0 spiro atoms. The van der Waals surface area contributed by atoms with Crippen molar-refractivity contribution in [1.29, 1.82) is 0 Å². The summed E-state index contributed by atoms with van der Waals surface area (Å²) in [6.07, 6.45) is 3.49. The number of hydrogen-bond donors (Lipinski definition) is 3. The number of hydrogen-bond acceptors (Lipinski definition) is 6. The normalized spacial score (nSPS) is 11.5. The summed E-state index contributed by atoms with van der Waals surface area (Å²) in [7, 11) is 0. The van der Waals surface area contributed by atoms with Crippen LogP contribution in [0.1, 0.15) is 18.3 Å². The fourth-order valence-corrected chi connectivity index (χ4v) is 2.19. The largest absolute Gasteiger partial charge is 0.484 e. The Hall–Kier alpha value is -3.00. The van der Waals surface area contributed by atoms with Crippen molar-refractivity contribution >= 4 is 11.8 Å². The SMILES string of the molecule is CCNC(=O)COc1cccc(CNC(=O)C(N)Cc2ncccn2)c1. The van der Waals surface area contributed by atoms with Crippen molar-refractivity contribution in [2.45, 2.75) is 25.9 Å². The number of nitrogens with zero attached hydrogens (tertiary/aromatic N) is 2. The highest BCUT2D eigenvalue weighted by Crippen LogP contribution is 2.13. The molecule has 0 fully saturated rings. The van der Waals surface area contributed by atoms with E-state index in [-0.39, 0.29) is 24.8 Å². The van der Waals surface area contributed by atoms with Crippen molar-refractivity contribution in [1.82, 2.24) is 20.6 Å². The molecule has 0 saturated carbocycles. The van der Waals surface area contributed by atoms with Gasteiger partial charge >= 0.3 is 0 Å². The number of carbonyl (C=O) groups is 2. The summed E-state index contributed by atoms with van der Waals surface area (Å²) in [5.41, 5.74) is 6.73. The second-order valence-electron chi connectivity index (χ2n) is 5.58. The Balaban J connectivity index is 1.82. The number of amides is 2. The molecule has 138 valence electrons. The quantitative estimate of drug-likeness (QED) is 0.589. The van der Waals surface area contributed by atoms with Crippen LogP contribution in [0.4, 0.5) is 0 Å². The molecule has 0 aliphatic carbocycles. The Morgan fingerprint density at radius 1 is 1.19 bits per heavy atom. The molecule has 0 saturated heterocycles. The summed E-state index contributed by atoms with van der Waals surface area (Å²) in [6.45, 7) is 2.66. The van der Waals surface area contributed by atoms with Crippen LogP contribution in [-0.2, 0) is 22.6 Å². The minimum Gasteiger partial charge on any atom is -0.484 e. The van der Waals surface area contributed by atoms with Crippen LogP contribution in [0.2, 0.25) is 0 Å². The van der Waals surface area contributed by atoms with Gasteiger partial charge in [0.1, 0.15) is 11.6 Å². The lowest BCUT2D eigenvalue weighted by Gasteiger charge is -2.12. The van der Waals surface area contributed by atoms with Gasteiger partial charge in [0.05, 0.1) is 6.04 Å². The van der Waals surface area contributed by atoms with Crippen LogP contribution in [0.3, 0.4) is 0 Å². The molecule has 1 atom stereocenters. The van der Waals surface area contributed by atoms with Gasteiger partial charge in [-0.05, 0) is 30.7 Å². The Bertz CT molecular complexity index is 724. The second kappa shape index (κ2) is 10.1. The highest BCUT2D eigenvalue weighted by Gasteiger charge is 2.15. The number of ether oxygens (including phenoxy) is 1. The Labute approximate surface area is 152 Å². The zero-order valence-corrected chi connectivity index (χ0v) is 14.6. The van der Waals surface area contributed by atoms with E-state index >= 15 is 0 Å². The average molecular weight is 357 g/mol. The van der Waals surface area contributed by atoms with Crippen LogP contribution < -0.4 is 21.1 Å². The first-order valence-corrected chi connectivity index (χ1v) is 8.36. The first-order chi connectivity index (χ1) is 12.6. The van der Waals surface area contributed by atoms with E-state index in [9.17, 15) is 9.59 Å². The van der Waals surface area contributed by atoms with E-state index in [1.165, 1.54) is 0 Å². The van der Waals surface area contributed by atoms with Gasteiger partial charge in [-0.3, -0.25) is 9.59 Å². The lowest BCUT2D eigenvalue weighted by atomic mass is 10.1. The zero-order valence-electron chi connectivity index (χ0n) is 14.6. The summed E-state index contributed by atoms with van der Waals surface area (Å²) in [5.74, 6) is 0.618. The van der Waals surface area contributed by atoms with E-state index < -0.39 is 6.04 Å². The van der Waals surface area contributed by atoms with Gasteiger partial charge in [0.15, 0.2) is 6.61 Å². The van der Waals surface area contributed by atoms with Crippen LogP contribution in [0, 0.1) is 0 Å². The molecule has 1 aromatic heterocycles. The van der Waals surface area contributed by atoms with Gasteiger partial charge in [0.2, 0.25) is 5.91 Å². The minimum atomic E-state index is -0.727. The zero-order chi connectivity index (χ0) is 18.8. The van der Waals surface area contributed by atoms with Gasteiger partial charge in [0, 0.05) is 31.9 Å². The molecule has 8 nitrogen and oxygen atoms in total. The first-order valence-electron chi connectivity index (χ1n) is 8.36. The molecule has 0 bridgehead atoms. The summed E-state index contributed by atoms with van der Waals surface area (Å²) in [5, 5.41) is 5.43. The van der Waals surface area contributed by atoms with Gasteiger partial charge in [-0.2, -0.15) is 0 Å². The number of nitrogens with one attached hydrogen (secondary N) is 2. The Morgan fingerprint density at radius 2 is 1.96 bits per heavy atom. The molecule has 1 unspecified atom stereocenters. The molecular weight excluding hydrogens is 334 g/mol. The number of rotatable bonds is 9. The molecule has 0 radical (unpaired) electrons. The van der Waals surface area contributed by atoms with E-state index in [4.69, 9.17) is 10.5 Å². The Morgan fingerprint density at radius 3 is 2.69 bits per heavy atom. The molecule has 26 heavy (non-hydrogen) atoms. The molecule has 1 heterocycles. The highest BCUT2D eigenvalue weighted by atomic mass is 16.5. The number of aromatic nitrogens is 2.